The summed E-state index contributed by atoms with van der Waals surface area (Å²) in [5.74, 6) is -1.95. The van der Waals surface area contributed by atoms with Crippen molar-refractivity contribution in [3.05, 3.63) is 84.2 Å². The Morgan fingerprint density at radius 3 is 2.34 bits per heavy atom. The van der Waals surface area contributed by atoms with Crippen molar-refractivity contribution in [2.24, 2.45) is 0 Å². The third-order valence-electron chi connectivity index (χ3n) is 4.88. The fraction of sp³-hybridized carbons (Fsp3) is 0.182. The number of hydrogen-bond donors (Lipinski definition) is 1. The largest absolute Gasteiger partial charge is 0.368 e. The molecule has 7 heteroatoms. The number of carbonyl (C=O) groups excluding carboxylic acids is 1. The minimum Gasteiger partial charge on any atom is -0.368 e. The van der Waals surface area contributed by atoms with Crippen molar-refractivity contribution in [2.45, 2.75) is 0 Å². The van der Waals surface area contributed by atoms with Crippen molar-refractivity contribution in [3.63, 3.8) is 0 Å². The first kappa shape index (κ1) is 18.9. The summed E-state index contributed by atoms with van der Waals surface area (Å²) in [4.78, 5) is 21.0. The van der Waals surface area contributed by atoms with E-state index < -0.39 is 11.6 Å². The van der Waals surface area contributed by atoms with Crippen LogP contribution in [0.3, 0.4) is 0 Å². The van der Waals surface area contributed by atoms with Gasteiger partial charge >= 0.3 is 0 Å². The quantitative estimate of drug-likeness (QED) is 0.725. The van der Waals surface area contributed by atoms with E-state index in [-0.39, 0.29) is 5.91 Å². The van der Waals surface area contributed by atoms with Gasteiger partial charge in [0.05, 0.1) is 17.4 Å². The molecule has 0 aliphatic carbocycles. The van der Waals surface area contributed by atoms with Gasteiger partial charge in [-0.1, -0.05) is 18.2 Å². The summed E-state index contributed by atoms with van der Waals surface area (Å²) in [5.41, 5.74) is 2.52. The van der Waals surface area contributed by atoms with Crippen LogP contribution in [0, 0.1) is 11.6 Å². The third kappa shape index (κ3) is 4.34. The van der Waals surface area contributed by atoms with Gasteiger partial charge in [0.25, 0.3) is 5.91 Å². The number of halogens is 2. The van der Waals surface area contributed by atoms with Gasteiger partial charge in [0, 0.05) is 49.8 Å². The van der Waals surface area contributed by atoms with Crippen molar-refractivity contribution >= 4 is 23.0 Å². The number of anilines is 3. The summed E-state index contributed by atoms with van der Waals surface area (Å²) in [6, 6.07) is 15.3. The molecule has 1 N–H and O–H groups in total. The van der Waals surface area contributed by atoms with Crippen LogP contribution in [0.4, 0.5) is 25.8 Å². The summed E-state index contributed by atoms with van der Waals surface area (Å²) in [7, 11) is 0. The molecule has 148 valence electrons. The molecule has 0 unspecified atom stereocenters. The highest BCUT2D eigenvalue weighted by atomic mass is 19.2. The van der Waals surface area contributed by atoms with Crippen LogP contribution >= 0.6 is 0 Å². The smallest absolute Gasteiger partial charge is 0.255 e. The highest BCUT2D eigenvalue weighted by molar-refractivity contribution is 5.95. The van der Waals surface area contributed by atoms with E-state index in [0.29, 0.717) is 30.0 Å². The van der Waals surface area contributed by atoms with Crippen molar-refractivity contribution in [3.8, 4) is 0 Å². The van der Waals surface area contributed by atoms with Crippen LogP contribution in [0.2, 0.25) is 0 Å². The molecule has 29 heavy (non-hydrogen) atoms. The molecule has 1 saturated heterocycles. The van der Waals surface area contributed by atoms with Gasteiger partial charge < -0.3 is 15.1 Å². The van der Waals surface area contributed by atoms with E-state index in [1.807, 2.05) is 18.2 Å². The summed E-state index contributed by atoms with van der Waals surface area (Å²) in [5, 5.41) is 2.95. The highest BCUT2D eigenvalue weighted by Gasteiger charge is 2.22. The summed E-state index contributed by atoms with van der Waals surface area (Å²) < 4.78 is 26.5. The predicted molar refractivity (Wildman–Crippen MR) is 108 cm³/mol. The predicted octanol–water partition coefficient (Wildman–Crippen LogP) is 4.07. The number of carbonyl (C=O) groups is 1. The maximum atomic E-state index is 13.4. The first-order chi connectivity index (χ1) is 14.1. The number of rotatable bonds is 4. The summed E-state index contributed by atoms with van der Waals surface area (Å²) in [6.45, 7) is 2.76. The standard InChI is InChI=1S/C22H20F2N4O/c23-20-7-6-17(13-21(20)24)26-18-12-16(14-25-15-18)22(29)28-10-8-27(9-11-28)19-4-2-1-3-5-19/h1-7,12-15,26H,8-11H2. The fourth-order valence-corrected chi connectivity index (χ4v) is 3.35. The number of para-hydroxylation sites is 1. The summed E-state index contributed by atoms with van der Waals surface area (Å²) >= 11 is 0. The van der Waals surface area contributed by atoms with Gasteiger partial charge in [-0.05, 0) is 30.3 Å². The number of nitrogens with one attached hydrogen (secondary N) is 1. The first-order valence-electron chi connectivity index (χ1n) is 9.36. The van der Waals surface area contributed by atoms with E-state index in [1.54, 1.807) is 11.0 Å². The fourth-order valence-electron chi connectivity index (χ4n) is 3.35. The van der Waals surface area contributed by atoms with Crippen molar-refractivity contribution in [2.75, 3.05) is 36.4 Å². The number of hydrogen-bond acceptors (Lipinski definition) is 4. The lowest BCUT2D eigenvalue weighted by atomic mass is 10.2. The second kappa shape index (κ2) is 8.26. The molecule has 0 spiro atoms. The Balaban J connectivity index is 1.41. The van der Waals surface area contributed by atoms with Crippen LogP contribution in [0.15, 0.2) is 67.0 Å². The molecule has 2 heterocycles. The Labute approximate surface area is 167 Å². The van der Waals surface area contributed by atoms with E-state index in [1.165, 1.54) is 18.5 Å². The van der Waals surface area contributed by atoms with Crippen molar-refractivity contribution in [1.29, 1.82) is 0 Å². The molecule has 0 bridgehead atoms. The molecule has 0 atom stereocenters. The lowest BCUT2D eigenvalue weighted by Crippen LogP contribution is -2.48. The Hall–Kier alpha value is -3.48. The van der Waals surface area contributed by atoms with Gasteiger partial charge in [-0.15, -0.1) is 0 Å². The van der Waals surface area contributed by atoms with Gasteiger partial charge in [-0.3, -0.25) is 9.78 Å². The van der Waals surface area contributed by atoms with Gasteiger partial charge in [-0.2, -0.15) is 0 Å². The molecule has 5 nitrogen and oxygen atoms in total. The molecule has 2 aromatic carbocycles. The monoisotopic (exact) mass is 394 g/mol. The van der Waals surface area contributed by atoms with Gasteiger partial charge in [0.2, 0.25) is 0 Å². The average molecular weight is 394 g/mol. The third-order valence-corrected chi connectivity index (χ3v) is 4.88. The molecule has 1 aliphatic rings. The molecule has 1 aliphatic heterocycles. The Bertz CT molecular complexity index is 1000. The van der Waals surface area contributed by atoms with Crippen LogP contribution in [0.5, 0.6) is 0 Å². The molecular weight excluding hydrogens is 374 g/mol. The number of pyridine rings is 1. The second-order valence-electron chi connectivity index (χ2n) is 6.83. The number of piperazine rings is 1. The van der Waals surface area contributed by atoms with E-state index in [2.05, 4.69) is 27.3 Å². The Kier molecular flexibility index (Phi) is 5.37. The van der Waals surface area contributed by atoms with Crippen LogP contribution < -0.4 is 10.2 Å². The van der Waals surface area contributed by atoms with E-state index >= 15 is 0 Å². The van der Waals surface area contributed by atoms with Crippen molar-refractivity contribution in [1.82, 2.24) is 9.88 Å². The Morgan fingerprint density at radius 2 is 1.62 bits per heavy atom. The van der Waals surface area contributed by atoms with Gasteiger partial charge in [0.15, 0.2) is 11.6 Å². The zero-order valence-corrected chi connectivity index (χ0v) is 15.7. The van der Waals surface area contributed by atoms with E-state index in [0.717, 1.165) is 30.9 Å². The average Bonchev–Trinajstić information content (AvgIpc) is 2.77. The van der Waals surface area contributed by atoms with Gasteiger partial charge in [0.1, 0.15) is 0 Å². The van der Waals surface area contributed by atoms with Crippen molar-refractivity contribution < 1.29 is 13.6 Å². The molecule has 0 saturated carbocycles. The molecule has 1 amide bonds. The highest BCUT2D eigenvalue weighted by Crippen LogP contribution is 2.21. The molecule has 1 aromatic heterocycles. The van der Waals surface area contributed by atoms with Gasteiger partial charge in [-0.25, -0.2) is 8.78 Å². The van der Waals surface area contributed by atoms with Crippen LogP contribution in [-0.2, 0) is 0 Å². The van der Waals surface area contributed by atoms with Crippen LogP contribution in [-0.4, -0.2) is 42.0 Å². The molecule has 1 fully saturated rings. The number of amides is 1. The van der Waals surface area contributed by atoms with E-state index in [4.69, 9.17) is 0 Å². The van der Waals surface area contributed by atoms with E-state index in [9.17, 15) is 13.6 Å². The molecule has 3 aromatic rings. The van der Waals surface area contributed by atoms with Crippen LogP contribution in [0.1, 0.15) is 10.4 Å². The topological polar surface area (TPSA) is 48.5 Å². The maximum Gasteiger partial charge on any atom is 0.255 e. The number of benzene rings is 2. The first-order valence-corrected chi connectivity index (χ1v) is 9.36. The molecule has 0 radical (unpaired) electrons. The second-order valence-corrected chi connectivity index (χ2v) is 6.83. The maximum absolute atomic E-state index is 13.4. The molecular formula is C22H20F2N4O. The zero-order valence-electron chi connectivity index (χ0n) is 15.7. The Morgan fingerprint density at radius 1 is 0.862 bits per heavy atom. The zero-order chi connectivity index (χ0) is 20.2. The lowest BCUT2D eigenvalue weighted by molar-refractivity contribution is 0.0746. The summed E-state index contributed by atoms with van der Waals surface area (Å²) in [6.07, 6.45) is 3.05. The number of aromatic nitrogens is 1. The molecule has 4 rings (SSSR count). The normalized spacial score (nSPS) is 14.0. The minimum absolute atomic E-state index is 0.0980. The minimum atomic E-state index is -0.938. The SMILES string of the molecule is O=C(c1cncc(Nc2ccc(F)c(F)c2)c1)N1CCN(c2ccccc2)CC1. The van der Waals surface area contributed by atoms with Crippen LogP contribution in [0.25, 0.3) is 0 Å². The number of nitrogens with zero attached hydrogens (tertiary/aromatic N) is 3. The lowest BCUT2D eigenvalue weighted by Gasteiger charge is -2.36.